The predicted octanol–water partition coefficient (Wildman–Crippen LogP) is 3.16. The molecule has 0 aliphatic heterocycles. The maximum Gasteiger partial charge on any atom is 0.0711 e. The molecule has 1 heterocycles. The van der Waals surface area contributed by atoms with Crippen molar-refractivity contribution in [3.05, 3.63) is 42.1 Å². The molecule has 1 heteroatoms. The van der Waals surface area contributed by atoms with Gasteiger partial charge in [-0.05, 0) is 24.1 Å². The Bertz CT molecular complexity index is 418. The van der Waals surface area contributed by atoms with Gasteiger partial charge in [0.2, 0.25) is 0 Å². The zero-order valence-corrected chi connectivity index (χ0v) is 7.91. The molecular formula is C12H12N. The van der Waals surface area contributed by atoms with Crippen molar-refractivity contribution in [2.45, 2.75) is 19.8 Å². The van der Waals surface area contributed by atoms with Crippen LogP contribution in [-0.2, 0) is 0 Å². The van der Waals surface area contributed by atoms with E-state index in [0.717, 1.165) is 16.6 Å². The number of aromatic nitrogens is 1. The van der Waals surface area contributed by atoms with Crippen molar-refractivity contribution in [1.82, 2.24) is 4.98 Å². The molecule has 0 amide bonds. The minimum absolute atomic E-state index is 0.473. The number of fused-ring (bicyclic) bond motifs is 1. The highest BCUT2D eigenvalue weighted by molar-refractivity contribution is 5.77. The van der Waals surface area contributed by atoms with Crippen molar-refractivity contribution in [3.8, 4) is 0 Å². The Balaban J connectivity index is 2.62. The van der Waals surface area contributed by atoms with Crippen LogP contribution in [-0.4, -0.2) is 4.98 Å². The first-order valence-corrected chi connectivity index (χ1v) is 4.55. The summed E-state index contributed by atoms with van der Waals surface area (Å²) in [6.07, 6.45) is 0. The Morgan fingerprint density at radius 3 is 2.77 bits per heavy atom. The first-order chi connectivity index (χ1) is 6.27. The highest BCUT2D eigenvalue weighted by Gasteiger charge is 2.01. The van der Waals surface area contributed by atoms with E-state index in [9.17, 15) is 0 Å². The first-order valence-electron chi connectivity index (χ1n) is 4.55. The summed E-state index contributed by atoms with van der Waals surface area (Å²) in [4.78, 5) is 4.54. The van der Waals surface area contributed by atoms with Crippen LogP contribution in [0.5, 0.6) is 0 Å². The lowest BCUT2D eigenvalue weighted by atomic mass is 10.1. The SMILES string of the molecule is CC(C)c1c[c]c2ccccc2n1. The topological polar surface area (TPSA) is 12.9 Å². The van der Waals surface area contributed by atoms with E-state index < -0.39 is 0 Å². The van der Waals surface area contributed by atoms with Crippen LogP contribution >= 0.6 is 0 Å². The van der Waals surface area contributed by atoms with Crippen LogP contribution in [0.4, 0.5) is 0 Å². The number of hydrogen-bond acceptors (Lipinski definition) is 1. The summed E-state index contributed by atoms with van der Waals surface area (Å²) in [6.45, 7) is 4.29. The molecule has 0 aliphatic carbocycles. The van der Waals surface area contributed by atoms with Gasteiger partial charge in [0.1, 0.15) is 0 Å². The zero-order valence-electron chi connectivity index (χ0n) is 7.91. The van der Waals surface area contributed by atoms with Gasteiger partial charge in [-0.3, -0.25) is 4.98 Å². The lowest BCUT2D eigenvalue weighted by molar-refractivity contribution is 0.830. The molecule has 2 rings (SSSR count). The maximum absolute atomic E-state index is 4.54. The number of benzene rings is 1. The van der Waals surface area contributed by atoms with Crippen LogP contribution in [0.3, 0.4) is 0 Å². The van der Waals surface area contributed by atoms with Crippen molar-refractivity contribution in [2.24, 2.45) is 0 Å². The summed E-state index contributed by atoms with van der Waals surface area (Å²) in [6, 6.07) is 13.3. The number of pyridine rings is 1. The van der Waals surface area contributed by atoms with Crippen LogP contribution in [0.2, 0.25) is 0 Å². The number of nitrogens with zero attached hydrogens (tertiary/aromatic N) is 1. The number of hydrogen-bond donors (Lipinski definition) is 0. The van der Waals surface area contributed by atoms with Crippen molar-refractivity contribution < 1.29 is 0 Å². The Hall–Kier alpha value is -1.37. The monoisotopic (exact) mass is 170 g/mol. The van der Waals surface area contributed by atoms with Crippen LogP contribution in [0.25, 0.3) is 10.9 Å². The molecule has 0 saturated heterocycles. The van der Waals surface area contributed by atoms with E-state index in [1.165, 1.54) is 0 Å². The molecule has 13 heavy (non-hydrogen) atoms. The molecule has 1 aromatic carbocycles. The summed E-state index contributed by atoms with van der Waals surface area (Å²) >= 11 is 0. The number of para-hydroxylation sites is 1. The molecule has 0 N–H and O–H groups in total. The Morgan fingerprint density at radius 2 is 2.00 bits per heavy atom. The molecule has 0 spiro atoms. The van der Waals surface area contributed by atoms with Gasteiger partial charge < -0.3 is 0 Å². The van der Waals surface area contributed by atoms with E-state index in [1.807, 2.05) is 30.3 Å². The minimum atomic E-state index is 0.473. The van der Waals surface area contributed by atoms with E-state index in [1.54, 1.807) is 0 Å². The van der Waals surface area contributed by atoms with Gasteiger partial charge in [-0.25, -0.2) is 0 Å². The van der Waals surface area contributed by atoms with E-state index in [0.29, 0.717) is 5.92 Å². The molecule has 0 atom stereocenters. The fraction of sp³-hybridized carbons (Fsp3) is 0.250. The average Bonchev–Trinajstić information content (AvgIpc) is 2.17. The first kappa shape index (κ1) is 8.24. The van der Waals surface area contributed by atoms with E-state index in [4.69, 9.17) is 0 Å². The van der Waals surface area contributed by atoms with E-state index >= 15 is 0 Å². The third-order valence-electron chi connectivity index (χ3n) is 2.12. The molecule has 0 saturated carbocycles. The smallest absolute Gasteiger partial charge is 0.0711 e. The lowest BCUT2D eigenvalue weighted by Gasteiger charge is -2.04. The third-order valence-corrected chi connectivity index (χ3v) is 2.12. The molecule has 1 aromatic heterocycles. The second-order valence-electron chi connectivity index (χ2n) is 3.50. The highest BCUT2D eigenvalue weighted by atomic mass is 14.7. The lowest BCUT2D eigenvalue weighted by Crippen LogP contribution is -1.92. The molecule has 1 nitrogen and oxygen atoms in total. The normalized spacial score (nSPS) is 11.0. The Kier molecular flexibility index (Phi) is 2.01. The van der Waals surface area contributed by atoms with Gasteiger partial charge in [0.05, 0.1) is 5.52 Å². The standard InChI is InChI=1S/C12H12N/c1-9(2)11-8-7-10-5-3-4-6-12(10)13-11/h3-6,8-9H,1-2H3. The second kappa shape index (κ2) is 3.17. The summed E-state index contributed by atoms with van der Waals surface area (Å²) in [7, 11) is 0. The molecule has 2 aromatic rings. The fourth-order valence-corrected chi connectivity index (χ4v) is 1.31. The fourth-order valence-electron chi connectivity index (χ4n) is 1.31. The average molecular weight is 170 g/mol. The Labute approximate surface area is 78.4 Å². The van der Waals surface area contributed by atoms with Gasteiger partial charge >= 0.3 is 0 Å². The van der Waals surface area contributed by atoms with Gasteiger partial charge in [-0.15, -0.1) is 0 Å². The van der Waals surface area contributed by atoms with E-state index in [2.05, 4.69) is 24.9 Å². The largest absolute Gasteiger partial charge is 0.253 e. The van der Waals surface area contributed by atoms with Crippen molar-refractivity contribution in [1.29, 1.82) is 0 Å². The second-order valence-corrected chi connectivity index (χ2v) is 3.50. The zero-order chi connectivity index (χ0) is 9.26. The summed E-state index contributed by atoms with van der Waals surface area (Å²) < 4.78 is 0. The van der Waals surface area contributed by atoms with Gasteiger partial charge in [-0.1, -0.05) is 32.0 Å². The predicted molar refractivity (Wildman–Crippen MR) is 54.7 cm³/mol. The van der Waals surface area contributed by atoms with Gasteiger partial charge in [0, 0.05) is 11.1 Å². The number of rotatable bonds is 1. The molecular weight excluding hydrogens is 158 g/mol. The van der Waals surface area contributed by atoms with Crippen molar-refractivity contribution in [3.63, 3.8) is 0 Å². The summed E-state index contributed by atoms with van der Waals surface area (Å²) in [5, 5.41) is 1.09. The molecule has 0 unspecified atom stereocenters. The van der Waals surface area contributed by atoms with Crippen LogP contribution in [0.15, 0.2) is 30.3 Å². The molecule has 0 fully saturated rings. The van der Waals surface area contributed by atoms with Crippen molar-refractivity contribution in [2.75, 3.05) is 0 Å². The van der Waals surface area contributed by atoms with Gasteiger partial charge in [0.15, 0.2) is 0 Å². The molecule has 0 bridgehead atoms. The van der Waals surface area contributed by atoms with Gasteiger partial charge in [-0.2, -0.15) is 0 Å². The van der Waals surface area contributed by atoms with Crippen molar-refractivity contribution >= 4 is 10.9 Å². The third kappa shape index (κ3) is 1.55. The van der Waals surface area contributed by atoms with E-state index in [-0.39, 0.29) is 0 Å². The highest BCUT2D eigenvalue weighted by Crippen LogP contribution is 2.16. The summed E-state index contributed by atoms with van der Waals surface area (Å²) in [5.74, 6) is 0.473. The van der Waals surface area contributed by atoms with Crippen LogP contribution in [0.1, 0.15) is 25.5 Å². The molecule has 0 aliphatic rings. The van der Waals surface area contributed by atoms with Crippen LogP contribution < -0.4 is 0 Å². The molecule has 1 radical (unpaired) electrons. The molecule has 65 valence electrons. The summed E-state index contributed by atoms with van der Waals surface area (Å²) in [5.41, 5.74) is 2.15. The van der Waals surface area contributed by atoms with Crippen LogP contribution in [0, 0.1) is 6.07 Å². The Morgan fingerprint density at radius 1 is 1.23 bits per heavy atom. The maximum atomic E-state index is 4.54. The quantitative estimate of drug-likeness (QED) is 0.640. The van der Waals surface area contributed by atoms with Gasteiger partial charge in [0.25, 0.3) is 0 Å². The minimum Gasteiger partial charge on any atom is -0.253 e.